The Labute approximate surface area is 147 Å². The van der Waals surface area contributed by atoms with Gasteiger partial charge in [0.15, 0.2) is 0 Å². The van der Waals surface area contributed by atoms with Crippen LogP contribution in [0.5, 0.6) is 11.5 Å². The molecule has 0 spiro atoms. The normalized spacial score (nSPS) is 10.1. The number of hydrogen-bond donors (Lipinski definition) is 1. The van der Waals surface area contributed by atoms with Gasteiger partial charge in [-0.1, -0.05) is 36.4 Å². The van der Waals surface area contributed by atoms with Crippen molar-refractivity contribution in [3.63, 3.8) is 0 Å². The standard InChI is InChI=1S/C21H19NO3/c1-24-19-12-10-16(11-13-19)15-25-20-9-5-6-17(14-20)21(23)22-18-7-3-2-4-8-18/h2-14H,15H2,1H3,(H,22,23). The summed E-state index contributed by atoms with van der Waals surface area (Å²) in [6.07, 6.45) is 0. The molecule has 0 aliphatic carbocycles. The van der Waals surface area contributed by atoms with Gasteiger partial charge in [0, 0.05) is 11.3 Å². The highest BCUT2D eigenvalue weighted by molar-refractivity contribution is 6.04. The number of ether oxygens (including phenoxy) is 2. The third-order valence-electron chi connectivity index (χ3n) is 3.69. The van der Waals surface area contributed by atoms with Crippen molar-refractivity contribution in [3.05, 3.63) is 90.0 Å². The summed E-state index contributed by atoms with van der Waals surface area (Å²) in [6.45, 7) is 0.424. The molecular weight excluding hydrogens is 314 g/mol. The Morgan fingerprint density at radius 2 is 1.64 bits per heavy atom. The molecule has 3 rings (SSSR count). The smallest absolute Gasteiger partial charge is 0.255 e. The van der Waals surface area contributed by atoms with Crippen molar-refractivity contribution in [2.45, 2.75) is 6.61 Å². The minimum absolute atomic E-state index is 0.166. The van der Waals surface area contributed by atoms with E-state index in [0.717, 1.165) is 17.0 Å². The summed E-state index contributed by atoms with van der Waals surface area (Å²) >= 11 is 0. The van der Waals surface area contributed by atoms with Crippen LogP contribution in [0.3, 0.4) is 0 Å². The Hall–Kier alpha value is -3.27. The van der Waals surface area contributed by atoms with Crippen molar-refractivity contribution < 1.29 is 14.3 Å². The van der Waals surface area contributed by atoms with Crippen LogP contribution in [-0.2, 0) is 6.61 Å². The zero-order valence-electron chi connectivity index (χ0n) is 13.9. The largest absolute Gasteiger partial charge is 0.497 e. The van der Waals surface area contributed by atoms with Crippen LogP contribution in [0.15, 0.2) is 78.9 Å². The molecule has 0 aromatic heterocycles. The number of amides is 1. The summed E-state index contributed by atoms with van der Waals surface area (Å²) in [5.74, 6) is 1.29. The molecule has 0 aliphatic heterocycles. The lowest BCUT2D eigenvalue weighted by Crippen LogP contribution is -2.11. The van der Waals surface area contributed by atoms with E-state index in [1.165, 1.54) is 0 Å². The molecule has 4 nitrogen and oxygen atoms in total. The Morgan fingerprint density at radius 1 is 0.880 bits per heavy atom. The second-order valence-corrected chi connectivity index (χ2v) is 5.48. The van der Waals surface area contributed by atoms with E-state index in [9.17, 15) is 4.79 Å². The van der Waals surface area contributed by atoms with Crippen LogP contribution in [0.1, 0.15) is 15.9 Å². The predicted octanol–water partition coefficient (Wildman–Crippen LogP) is 4.53. The second-order valence-electron chi connectivity index (χ2n) is 5.48. The Balaban J connectivity index is 1.63. The highest BCUT2D eigenvalue weighted by Crippen LogP contribution is 2.18. The molecule has 0 heterocycles. The van der Waals surface area contributed by atoms with Crippen molar-refractivity contribution in [1.29, 1.82) is 0 Å². The summed E-state index contributed by atoms with van der Waals surface area (Å²) in [5, 5.41) is 2.86. The number of methoxy groups -OCH3 is 1. The molecule has 0 unspecified atom stereocenters. The van der Waals surface area contributed by atoms with Gasteiger partial charge >= 0.3 is 0 Å². The fourth-order valence-corrected chi connectivity index (χ4v) is 2.34. The lowest BCUT2D eigenvalue weighted by Gasteiger charge is -2.09. The number of carbonyl (C=O) groups is 1. The Morgan fingerprint density at radius 3 is 2.36 bits per heavy atom. The van der Waals surface area contributed by atoms with Gasteiger partial charge in [-0.3, -0.25) is 4.79 Å². The maximum absolute atomic E-state index is 12.3. The fraction of sp³-hybridized carbons (Fsp3) is 0.0952. The van der Waals surface area contributed by atoms with Gasteiger partial charge < -0.3 is 14.8 Å². The summed E-state index contributed by atoms with van der Waals surface area (Å²) in [7, 11) is 1.64. The summed E-state index contributed by atoms with van der Waals surface area (Å²) in [5.41, 5.74) is 2.34. The summed E-state index contributed by atoms with van der Waals surface area (Å²) in [6, 6.07) is 24.2. The van der Waals surface area contributed by atoms with E-state index in [0.29, 0.717) is 17.9 Å². The van der Waals surface area contributed by atoms with Crippen molar-refractivity contribution in [3.8, 4) is 11.5 Å². The highest BCUT2D eigenvalue weighted by atomic mass is 16.5. The minimum Gasteiger partial charge on any atom is -0.497 e. The molecule has 1 amide bonds. The topological polar surface area (TPSA) is 47.6 Å². The first-order valence-corrected chi connectivity index (χ1v) is 7.97. The first-order chi connectivity index (χ1) is 12.2. The maximum atomic E-state index is 12.3. The van der Waals surface area contributed by atoms with Crippen molar-refractivity contribution >= 4 is 11.6 Å². The zero-order valence-corrected chi connectivity index (χ0v) is 13.9. The van der Waals surface area contributed by atoms with E-state index >= 15 is 0 Å². The highest BCUT2D eigenvalue weighted by Gasteiger charge is 2.07. The number of benzene rings is 3. The molecule has 0 radical (unpaired) electrons. The molecule has 3 aromatic rings. The lowest BCUT2D eigenvalue weighted by molar-refractivity contribution is 0.102. The van der Waals surface area contributed by atoms with Crippen LogP contribution in [0, 0.1) is 0 Å². The first kappa shape index (κ1) is 16.6. The van der Waals surface area contributed by atoms with Crippen LogP contribution in [0.4, 0.5) is 5.69 Å². The average molecular weight is 333 g/mol. The molecule has 0 bridgehead atoms. The molecule has 4 heteroatoms. The van der Waals surface area contributed by atoms with E-state index in [4.69, 9.17) is 9.47 Å². The first-order valence-electron chi connectivity index (χ1n) is 7.97. The predicted molar refractivity (Wildman–Crippen MR) is 98.2 cm³/mol. The number of rotatable bonds is 6. The van der Waals surface area contributed by atoms with Gasteiger partial charge in [0.25, 0.3) is 5.91 Å². The van der Waals surface area contributed by atoms with Gasteiger partial charge in [-0.15, -0.1) is 0 Å². The monoisotopic (exact) mass is 333 g/mol. The molecule has 0 saturated carbocycles. The number of hydrogen-bond acceptors (Lipinski definition) is 3. The van der Waals surface area contributed by atoms with Gasteiger partial charge in [-0.05, 0) is 48.0 Å². The van der Waals surface area contributed by atoms with Crippen molar-refractivity contribution in [1.82, 2.24) is 0 Å². The van der Waals surface area contributed by atoms with E-state index in [1.807, 2.05) is 66.7 Å². The SMILES string of the molecule is COc1ccc(COc2cccc(C(=O)Nc3ccccc3)c2)cc1. The van der Waals surface area contributed by atoms with Gasteiger partial charge in [-0.2, -0.15) is 0 Å². The van der Waals surface area contributed by atoms with Gasteiger partial charge in [0.2, 0.25) is 0 Å². The van der Waals surface area contributed by atoms with Crippen LogP contribution in [0.2, 0.25) is 0 Å². The average Bonchev–Trinajstić information content (AvgIpc) is 2.68. The van der Waals surface area contributed by atoms with Gasteiger partial charge in [0.1, 0.15) is 18.1 Å². The van der Waals surface area contributed by atoms with Gasteiger partial charge in [0.05, 0.1) is 7.11 Å². The molecule has 0 aliphatic rings. The number of nitrogens with one attached hydrogen (secondary N) is 1. The number of para-hydroxylation sites is 1. The third-order valence-corrected chi connectivity index (χ3v) is 3.69. The molecular formula is C21H19NO3. The number of anilines is 1. The second kappa shape index (κ2) is 8.02. The molecule has 0 saturated heterocycles. The summed E-state index contributed by atoms with van der Waals surface area (Å²) < 4.78 is 10.9. The third kappa shape index (κ3) is 4.61. The summed E-state index contributed by atoms with van der Waals surface area (Å²) in [4.78, 5) is 12.3. The maximum Gasteiger partial charge on any atom is 0.255 e. The van der Waals surface area contributed by atoms with Crippen LogP contribution in [0.25, 0.3) is 0 Å². The van der Waals surface area contributed by atoms with Crippen LogP contribution in [-0.4, -0.2) is 13.0 Å². The molecule has 0 atom stereocenters. The quantitative estimate of drug-likeness (QED) is 0.721. The Bertz CT molecular complexity index is 829. The molecule has 126 valence electrons. The number of carbonyl (C=O) groups excluding carboxylic acids is 1. The van der Waals surface area contributed by atoms with Crippen LogP contribution < -0.4 is 14.8 Å². The van der Waals surface area contributed by atoms with Crippen molar-refractivity contribution in [2.75, 3.05) is 12.4 Å². The van der Waals surface area contributed by atoms with Crippen molar-refractivity contribution in [2.24, 2.45) is 0 Å². The van der Waals surface area contributed by atoms with Crippen LogP contribution >= 0.6 is 0 Å². The molecule has 1 N–H and O–H groups in total. The van der Waals surface area contributed by atoms with E-state index in [2.05, 4.69) is 5.32 Å². The fourth-order valence-electron chi connectivity index (χ4n) is 2.34. The Kier molecular flexibility index (Phi) is 5.32. The minimum atomic E-state index is -0.166. The van der Waals surface area contributed by atoms with Gasteiger partial charge in [-0.25, -0.2) is 0 Å². The molecule has 0 fully saturated rings. The lowest BCUT2D eigenvalue weighted by atomic mass is 10.2. The zero-order chi connectivity index (χ0) is 17.5. The van der Waals surface area contributed by atoms with E-state index in [1.54, 1.807) is 19.2 Å². The molecule has 25 heavy (non-hydrogen) atoms. The van der Waals surface area contributed by atoms with E-state index in [-0.39, 0.29) is 5.91 Å². The molecule has 3 aromatic carbocycles. The van der Waals surface area contributed by atoms with E-state index < -0.39 is 0 Å².